The fraction of sp³-hybridized carbons (Fsp3) is 0.200. The van der Waals surface area contributed by atoms with Gasteiger partial charge in [0.25, 0.3) is 5.91 Å². The Balaban J connectivity index is 1.62. The average Bonchev–Trinajstić information content (AvgIpc) is 2.73. The highest BCUT2D eigenvalue weighted by molar-refractivity contribution is 6.30. The van der Waals surface area contributed by atoms with E-state index in [1.807, 2.05) is 72.8 Å². The molecule has 0 aliphatic carbocycles. The van der Waals surface area contributed by atoms with Crippen molar-refractivity contribution in [3.63, 3.8) is 0 Å². The van der Waals surface area contributed by atoms with Crippen molar-refractivity contribution in [3.8, 4) is 5.75 Å². The molecule has 0 spiro atoms. The van der Waals surface area contributed by atoms with Crippen LogP contribution in [0.15, 0.2) is 77.9 Å². The number of nitrogens with zero attached hydrogens (tertiary/aromatic N) is 1. The zero-order valence-electron chi connectivity index (χ0n) is 17.4. The maximum absolute atomic E-state index is 12.4. The standard InChI is InChI=1S/C25H25ClN2O2/c1-25(2,3)21-12-10-19(11-13-21)24(29)28-27-16-20-6-4-5-7-23(20)30-17-18-8-14-22(26)15-9-18/h4-16H,17H2,1-3H3,(H,28,29)/b27-16-. The van der Waals surface area contributed by atoms with Gasteiger partial charge in [0.15, 0.2) is 0 Å². The smallest absolute Gasteiger partial charge is 0.271 e. The molecule has 0 aliphatic rings. The minimum absolute atomic E-state index is 0.0445. The first kappa shape index (κ1) is 21.6. The number of hydrogen-bond donors (Lipinski definition) is 1. The molecule has 3 rings (SSSR count). The lowest BCUT2D eigenvalue weighted by Crippen LogP contribution is -2.18. The van der Waals surface area contributed by atoms with Gasteiger partial charge in [-0.25, -0.2) is 5.43 Å². The zero-order chi connectivity index (χ0) is 21.6. The predicted molar refractivity (Wildman–Crippen MR) is 122 cm³/mol. The minimum atomic E-state index is -0.258. The Morgan fingerprint density at radius 2 is 1.67 bits per heavy atom. The second-order valence-electron chi connectivity index (χ2n) is 7.98. The SMILES string of the molecule is CC(C)(C)c1ccc(C(=O)N/N=C\c2ccccc2OCc2ccc(Cl)cc2)cc1. The van der Waals surface area contributed by atoms with Gasteiger partial charge < -0.3 is 4.74 Å². The van der Waals surface area contributed by atoms with Gasteiger partial charge in [-0.1, -0.05) is 68.8 Å². The summed E-state index contributed by atoms with van der Waals surface area (Å²) in [7, 11) is 0. The number of carbonyl (C=O) groups is 1. The number of benzene rings is 3. The van der Waals surface area contributed by atoms with Crippen LogP contribution in [0.3, 0.4) is 0 Å². The molecule has 0 aliphatic heterocycles. The van der Waals surface area contributed by atoms with Crippen LogP contribution in [0.5, 0.6) is 5.75 Å². The molecule has 0 saturated heterocycles. The topological polar surface area (TPSA) is 50.7 Å². The third-order valence-electron chi connectivity index (χ3n) is 4.61. The monoisotopic (exact) mass is 420 g/mol. The number of rotatable bonds is 6. The summed E-state index contributed by atoms with van der Waals surface area (Å²) in [4.78, 5) is 12.4. The lowest BCUT2D eigenvalue weighted by atomic mass is 9.87. The predicted octanol–water partition coefficient (Wildman–Crippen LogP) is 5.98. The molecule has 0 fully saturated rings. The van der Waals surface area contributed by atoms with Crippen LogP contribution < -0.4 is 10.2 Å². The third-order valence-corrected chi connectivity index (χ3v) is 4.86. The van der Waals surface area contributed by atoms with Gasteiger partial charge in [-0.15, -0.1) is 0 Å². The zero-order valence-corrected chi connectivity index (χ0v) is 18.1. The number of carbonyl (C=O) groups excluding carboxylic acids is 1. The Morgan fingerprint density at radius 3 is 2.33 bits per heavy atom. The van der Waals surface area contributed by atoms with Crippen molar-refractivity contribution in [1.29, 1.82) is 0 Å². The molecule has 0 unspecified atom stereocenters. The van der Waals surface area contributed by atoms with Gasteiger partial charge >= 0.3 is 0 Å². The Morgan fingerprint density at radius 1 is 1.00 bits per heavy atom. The number of amides is 1. The third kappa shape index (κ3) is 5.94. The van der Waals surface area contributed by atoms with Crippen LogP contribution in [0.1, 0.15) is 47.8 Å². The van der Waals surface area contributed by atoms with E-state index in [0.717, 1.165) is 11.1 Å². The van der Waals surface area contributed by atoms with Crippen molar-refractivity contribution in [2.45, 2.75) is 32.8 Å². The van der Waals surface area contributed by atoms with Gasteiger partial charge in [0, 0.05) is 16.1 Å². The fourth-order valence-corrected chi connectivity index (χ4v) is 2.93. The van der Waals surface area contributed by atoms with Crippen LogP contribution in [-0.2, 0) is 12.0 Å². The van der Waals surface area contributed by atoms with E-state index in [4.69, 9.17) is 16.3 Å². The molecule has 0 atom stereocenters. The summed E-state index contributed by atoms with van der Waals surface area (Å²) in [6, 6.07) is 22.6. The number of ether oxygens (including phenoxy) is 1. The van der Waals surface area contributed by atoms with E-state index in [2.05, 4.69) is 31.3 Å². The second-order valence-corrected chi connectivity index (χ2v) is 8.42. The Bertz CT molecular complexity index is 1020. The number of hydrazone groups is 1. The quantitative estimate of drug-likeness (QED) is 0.394. The van der Waals surface area contributed by atoms with Gasteiger partial charge in [0.1, 0.15) is 12.4 Å². The summed E-state index contributed by atoms with van der Waals surface area (Å²) in [5.74, 6) is 0.422. The van der Waals surface area contributed by atoms with E-state index in [0.29, 0.717) is 22.9 Å². The molecule has 1 N–H and O–H groups in total. The van der Waals surface area contributed by atoms with E-state index in [9.17, 15) is 4.79 Å². The van der Waals surface area contributed by atoms with Crippen molar-refractivity contribution in [1.82, 2.24) is 5.43 Å². The molecule has 5 heteroatoms. The van der Waals surface area contributed by atoms with Crippen LogP contribution in [0.2, 0.25) is 5.02 Å². The fourth-order valence-electron chi connectivity index (χ4n) is 2.81. The largest absolute Gasteiger partial charge is 0.488 e. The highest BCUT2D eigenvalue weighted by Crippen LogP contribution is 2.22. The summed E-state index contributed by atoms with van der Waals surface area (Å²) in [6.07, 6.45) is 1.58. The van der Waals surface area contributed by atoms with Crippen molar-refractivity contribution in [2.24, 2.45) is 5.10 Å². The maximum atomic E-state index is 12.4. The van der Waals surface area contributed by atoms with Crippen LogP contribution in [-0.4, -0.2) is 12.1 Å². The molecule has 1 amide bonds. The van der Waals surface area contributed by atoms with Gasteiger partial charge in [0.05, 0.1) is 6.21 Å². The lowest BCUT2D eigenvalue weighted by molar-refractivity contribution is 0.0955. The van der Waals surface area contributed by atoms with Crippen LogP contribution in [0.25, 0.3) is 0 Å². The van der Waals surface area contributed by atoms with Gasteiger partial charge in [-0.2, -0.15) is 5.10 Å². The Kier molecular flexibility index (Phi) is 6.91. The molecule has 4 nitrogen and oxygen atoms in total. The van der Waals surface area contributed by atoms with Crippen molar-refractivity contribution >= 4 is 23.7 Å². The summed E-state index contributed by atoms with van der Waals surface area (Å²) in [5, 5.41) is 4.78. The van der Waals surface area contributed by atoms with Crippen LogP contribution >= 0.6 is 11.6 Å². The van der Waals surface area contributed by atoms with Crippen molar-refractivity contribution in [2.75, 3.05) is 0 Å². The number of halogens is 1. The minimum Gasteiger partial charge on any atom is -0.488 e. The summed E-state index contributed by atoms with van der Waals surface area (Å²) in [6.45, 7) is 6.82. The van der Waals surface area contributed by atoms with Gasteiger partial charge in [0.2, 0.25) is 0 Å². The highest BCUT2D eigenvalue weighted by Gasteiger charge is 2.14. The molecule has 0 bridgehead atoms. The van der Waals surface area contributed by atoms with E-state index >= 15 is 0 Å². The van der Waals surface area contributed by atoms with Crippen molar-refractivity contribution < 1.29 is 9.53 Å². The Hall–Kier alpha value is -3.11. The number of para-hydroxylation sites is 1. The van der Waals surface area contributed by atoms with Crippen molar-refractivity contribution in [3.05, 3.63) is 100 Å². The molecule has 3 aromatic carbocycles. The molecule has 0 heterocycles. The van der Waals surface area contributed by atoms with Crippen LogP contribution in [0.4, 0.5) is 0 Å². The van der Waals surface area contributed by atoms with E-state index in [-0.39, 0.29) is 11.3 Å². The second kappa shape index (κ2) is 9.59. The highest BCUT2D eigenvalue weighted by atomic mass is 35.5. The molecular weight excluding hydrogens is 396 g/mol. The first-order valence-electron chi connectivity index (χ1n) is 9.73. The van der Waals surface area contributed by atoms with Gasteiger partial charge in [-0.05, 0) is 52.9 Å². The first-order chi connectivity index (χ1) is 14.3. The van der Waals surface area contributed by atoms with Crippen LogP contribution in [0, 0.1) is 0 Å². The van der Waals surface area contributed by atoms with E-state index in [1.54, 1.807) is 6.21 Å². The normalized spacial score (nSPS) is 11.5. The molecule has 0 radical (unpaired) electrons. The summed E-state index contributed by atoms with van der Waals surface area (Å²) >= 11 is 5.92. The molecule has 0 saturated carbocycles. The first-order valence-corrected chi connectivity index (χ1v) is 10.1. The Labute approximate surface area is 182 Å². The van der Waals surface area contributed by atoms with E-state index < -0.39 is 0 Å². The molecule has 3 aromatic rings. The molecular formula is C25H25ClN2O2. The number of nitrogens with one attached hydrogen (secondary N) is 1. The van der Waals surface area contributed by atoms with Gasteiger partial charge in [-0.3, -0.25) is 4.79 Å². The molecule has 0 aromatic heterocycles. The summed E-state index contributed by atoms with van der Waals surface area (Å²) < 4.78 is 5.90. The summed E-state index contributed by atoms with van der Waals surface area (Å²) in [5.41, 5.74) is 6.14. The van der Waals surface area contributed by atoms with E-state index in [1.165, 1.54) is 5.56 Å². The maximum Gasteiger partial charge on any atom is 0.271 e. The number of hydrogen-bond acceptors (Lipinski definition) is 3. The molecule has 30 heavy (non-hydrogen) atoms. The molecule has 154 valence electrons. The lowest BCUT2D eigenvalue weighted by Gasteiger charge is -2.18. The average molecular weight is 421 g/mol.